The summed E-state index contributed by atoms with van der Waals surface area (Å²) in [6, 6.07) is -0.893. The summed E-state index contributed by atoms with van der Waals surface area (Å²) in [7, 11) is 1.76. The van der Waals surface area contributed by atoms with E-state index in [0.717, 1.165) is 11.3 Å². The Hall–Kier alpha value is -2.65. The van der Waals surface area contributed by atoms with Gasteiger partial charge in [-0.05, 0) is 0 Å². The van der Waals surface area contributed by atoms with Crippen molar-refractivity contribution in [3.63, 3.8) is 0 Å². The average Bonchev–Trinajstić information content (AvgIpc) is 3.37. The zero-order valence-electron chi connectivity index (χ0n) is 16.0. The molecular weight excluding hydrogens is 466 g/mol. The highest BCUT2D eigenvalue weighted by Crippen LogP contribution is 2.44. The monoisotopic (exact) mass is 483 g/mol. The van der Waals surface area contributed by atoms with Crippen molar-refractivity contribution in [1.82, 2.24) is 30.0 Å². The molecule has 15 heteroatoms. The third-order valence-corrected chi connectivity index (χ3v) is 8.58. The highest BCUT2D eigenvalue weighted by molar-refractivity contribution is 8.00. The number of nitrogens with two attached hydrogens (primary N) is 1. The number of carboxylic acid groups (broad SMARTS) is 1. The highest BCUT2D eigenvalue weighted by atomic mass is 32.2. The number of ketones is 1. The Kier molecular flexibility index (Phi) is 5.65. The van der Waals surface area contributed by atoms with Gasteiger partial charge in [-0.15, -0.1) is 33.3 Å². The minimum absolute atomic E-state index is 0.00657. The van der Waals surface area contributed by atoms with Crippen LogP contribution in [0.1, 0.15) is 10.5 Å². The minimum atomic E-state index is -1.17. The summed E-state index contributed by atoms with van der Waals surface area (Å²) in [6.07, 6.45) is 1.52. The van der Waals surface area contributed by atoms with Crippen molar-refractivity contribution < 1.29 is 24.3 Å². The van der Waals surface area contributed by atoms with Crippen molar-refractivity contribution in [1.29, 1.82) is 0 Å². The van der Waals surface area contributed by atoms with E-state index in [1.54, 1.807) is 11.6 Å². The fraction of sp³-hybridized carbons (Fsp3) is 0.438. The van der Waals surface area contributed by atoms with Gasteiger partial charge in [0.05, 0.1) is 0 Å². The second-order valence-electron chi connectivity index (χ2n) is 7.12. The topological polar surface area (TPSA) is 173 Å². The van der Waals surface area contributed by atoms with Gasteiger partial charge in [0.25, 0.3) is 11.7 Å². The third kappa shape index (κ3) is 3.87. The van der Waals surface area contributed by atoms with Crippen LogP contribution in [0.5, 0.6) is 0 Å². The Balaban J connectivity index is 1.40. The lowest BCUT2D eigenvalue weighted by Crippen LogP contribution is -2.74. The average molecular weight is 484 g/mol. The van der Waals surface area contributed by atoms with Crippen molar-refractivity contribution in [2.24, 2.45) is 12.5 Å². The molecule has 2 saturated heterocycles. The zero-order valence-corrected chi connectivity index (χ0v) is 18.5. The number of carbonyl (C=O) groups is 4. The number of carbonyl (C=O) groups excluding carboxylic acids is 3. The van der Waals surface area contributed by atoms with Crippen LogP contribution in [0.4, 0.5) is 5.13 Å². The largest absolute Gasteiger partial charge is 0.481 e. The fourth-order valence-electron chi connectivity index (χ4n) is 3.23. The summed E-state index contributed by atoms with van der Waals surface area (Å²) < 4.78 is 1.69. The molecule has 164 valence electrons. The number of β-lactam (4-membered cyclic amide) rings is 1. The lowest BCUT2D eigenvalue weighted by atomic mass is 9.89. The van der Waals surface area contributed by atoms with Crippen LogP contribution in [0.3, 0.4) is 0 Å². The Morgan fingerprint density at radius 3 is 2.84 bits per heavy atom. The summed E-state index contributed by atoms with van der Waals surface area (Å²) in [5.74, 6) is -2.81. The van der Waals surface area contributed by atoms with Gasteiger partial charge in [-0.2, -0.15) is 0 Å². The third-order valence-electron chi connectivity index (χ3n) is 4.99. The second kappa shape index (κ2) is 8.12. The molecule has 0 aromatic carbocycles. The number of aliphatic carboxylic acids is 1. The molecule has 2 amide bonds. The molecule has 0 bridgehead atoms. The first-order valence-corrected chi connectivity index (χ1v) is 11.8. The maximum absolute atomic E-state index is 12.6. The normalized spacial score (nSPS) is 24.9. The van der Waals surface area contributed by atoms with E-state index in [0.29, 0.717) is 5.16 Å². The first-order chi connectivity index (χ1) is 14.7. The van der Waals surface area contributed by atoms with E-state index in [1.165, 1.54) is 40.1 Å². The van der Waals surface area contributed by atoms with Crippen LogP contribution < -0.4 is 11.1 Å². The van der Waals surface area contributed by atoms with Crippen LogP contribution in [0.25, 0.3) is 0 Å². The number of hydrogen-bond donors (Lipinski definition) is 3. The standard InChI is InChI=1S/C16H17N7O5S3/c1-22-6-18-21-15(22)31-5-16(13(27)28)3-23-11(26)8(12(23)30-4-16)20-10(25)9(24)7-2-29-14(17)19-7/h2,6,8,12H,3-5H2,1H3,(H2,17,19)(H,20,25)(H,27,28)/t8?,12-,16?/m1/s1. The summed E-state index contributed by atoms with van der Waals surface area (Å²) in [6.45, 7) is 0.00657. The summed E-state index contributed by atoms with van der Waals surface area (Å²) >= 11 is 3.55. The molecule has 4 heterocycles. The van der Waals surface area contributed by atoms with E-state index >= 15 is 0 Å². The quantitative estimate of drug-likeness (QED) is 0.197. The number of thiazole rings is 1. The number of nitrogen functional groups attached to an aromatic ring is 1. The van der Waals surface area contributed by atoms with Gasteiger partial charge >= 0.3 is 5.97 Å². The molecule has 2 aliphatic heterocycles. The Morgan fingerprint density at radius 1 is 1.45 bits per heavy atom. The Bertz CT molecular complexity index is 1070. The molecule has 3 atom stereocenters. The van der Waals surface area contributed by atoms with Crippen LogP contribution in [0, 0.1) is 5.41 Å². The number of amides is 2. The highest BCUT2D eigenvalue weighted by Gasteiger charge is 2.57. The number of nitrogens with one attached hydrogen (secondary N) is 1. The molecule has 2 aromatic heterocycles. The zero-order chi connectivity index (χ0) is 22.3. The van der Waals surface area contributed by atoms with E-state index in [2.05, 4.69) is 20.5 Å². The van der Waals surface area contributed by atoms with Crippen molar-refractivity contribution in [2.45, 2.75) is 16.6 Å². The van der Waals surface area contributed by atoms with Crippen LogP contribution in [0.2, 0.25) is 0 Å². The molecule has 0 saturated carbocycles. The molecule has 0 radical (unpaired) electrons. The van der Waals surface area contributed by atoms with Crippen LogP contribution >= 0.6 is 34.9 Å². The molecule has 2 fully saturated rings. The molecule has 2 aliphatic rings. The first kappa shape index (κ1) is 21.6. The van der Waals surface area contributed by atoms with Gasteiger partial charge in [0, 0.05) is 30.5 Å². The number of anilines is 1. The number of nitrogens with zero attached hydrogens (tertiary/aromatic N) is 5. The van der Waals surface area contributed by atoms with Crippen molar-refractivity contribution in [2.75, 3.05) is 23.8 Å². The number of fused-ring (bicyclic) bond motifs is 1. The Labute approximate surface area is 188 Å². The lowest BCUT2D eigenvalue weighted by molar-refractivity contribution is -0.157. The summed E-state index contributed by atoms with van der Waals surface area (Å²) in [5, 5.41) is 21.7. The molecule has 12 nitrogen and oxygen atoms in total. The van der Waals surface area contributed by atoms with Gasteiger partial charge in [0.2, 0.25) is 5.91 Å². The maximum Gasteiger partial charge on any atom is 0.313 e. The number of rotatable bonds is 7. The number of thioether (sulfide) groups is 2. The molecule has 2 unspecified atom stereocenters. The van der Waals surface area contributed by atoms with Gasteiger partial charge in [-0.3, -0.25) is 19.2 Å². The molecule has 0 spiro atoms. The first-order valence-electron chi connectivity index (χ1n) is 8.90. The van der Waals surface area contributed by atoms with Gasteiger partial charge < -0.3 is 25.6 Å². The molecule has 4 N–H and O–H groups in total. The molecule has 31 heavy (non-hydrogen) atoms. The van der Waals surface area contributed by atoms with E-state index in [9.17, 15) is 24.3 Å². The van der Waals surface area contributed by atoms with Gasteiger partial charge in [0.15, 0.2) is 10.3 Å². The number of hydrogen-bond acceptors (Lipinski definition) is 11. The van der Waals surface area contributed by atoms with Gasteiger partial charge in [-0.25, -0.2) is 4.98 Å². The molecule has 0 aliphatic carbocycles. The summed E-state index contributed by atoms with van der Waals surface area (Å²) in [4.78, 5) is 54.3. The molecule has 2 aromatic rings. The number of aromatic nitrogens is 4. The van der Waals surface area contributed by atoms with E-state index in [4.69, 9.17) is 5.73 Å². The lowest BCUT2D eigenvalue weighted by Gasteiger charge is -2.53. The van der Waals surface area contributed by atoms with Crippen molar-refractivity contribution >= 4 is 63.6 Å². The van der Waals surface area contributed by atoms with Crippen molar-refractivity contribution in [3.8, 4) is 0 Å². The Morgan fingerprint density at radius 2 is 2.23 bits per heavy atom. The fourth-order valence-corrected chi connectivity index (χ4v) is 6.52. The van der Waals surface area contributed by atoms with Crippen LogP contribution in [-0.4, -0.2) is 82.8 Å². The van der Waals surface area contributed by atoms with E-state index in [-0.39, 0.29) is 28.9 Å². The summed E-state index contributed by atoms with van der Waals surface area (Å²) in [5.41, 5.74) is 4.23. The van der Waals surface area contributed by atoms with Crippen molar-refractivity contribution in [3.05, 3.63) is 17.4 Å². The van der Waals surface area contributed by atoms with E-state index < -0.39 is 40.4 Å². The number of carboxylic acids is 1. The predicted octanol–water partition coefficient (Wildman–Crippen LogP) is -0.700. The van der Waals surface area contributed by atoms with Crippen LogP contribution in [0.15, 0.2) is 16.9 Å². The van der Waals surface area contributed by atoms with Gasteiger partial charge in [-0.1, -0.05) is 11.8 Å². The van der Waals surface area contributed by atoms with Gasteiger partial charge in [0.1, 0.15) is 28.9 Å². The van der Waals surface area contributed by atoms with E-state index in [1.807, 2.05) is 0 Å². The predicted molar refractivity (Wildman–Crippen MR) is 113 cm³/mol. The maximum atomic E-state index is 12.6. The molecule has 4 rings (SSSR count). The van der Waals surface area contributed by atoms with Crippen LogP contribution in [-0.2, 0) is 21.4 Å². The smallest absolute Gasteiger partial charge is 0.313 e. The number of aryl methyl sites for hydroxylation is 1. The molecular formula is C16H17N7O5S3. The minimum Gasteiger partial charge on any atom is -0.481 e. The second-order valence-corrected chi connectivity index (χ2v) is 10.1. The number of Topliss-reactive ketones (excluding diaryl/α,β-unsaturated/α-hetero) is 1. The SMILES string of the molecule is Cn1cnnc1SCC1(C(=O)O)CS[C@@H]2C(NC(=O)C(=O)c3csc(N)n3)C(=O)N2C1.